The van der Waals surface area contributed by atoms with E-state index >= 15 is 0 Å². The van der Waals surface area contributed by atoms with Crippen LogP contribution in [0.3, 0.4) is 0 Å². The first-order chi connectivity index (χ1) is 10.6. The van der Waals surface area contributed by atoms with Crippen molar-refractivity contribution in [3.05, 3.63) is 53.6 Å². The third kappa shape index (κ3) is 2.48. The highest BCUT2D eigenvalue weighted by Crippen LogP contribution is 2.33. The van der Waals surface area contributed by atoms with Crippen LogP contribution in [0.5, 0.6) is 5.75 Å². The lowest BCUT2D eigenvalue weighted by Crippen LogP contribution is -2.01. The van der Waals surface area contributed by atoms with Crippen LogP contribution < -0.4 is 4.74 Å². The lowest BCUT2D eigenvalue weighted by Gasteiger charge is -2.04. The number of methoxy groups -OCH3 is 1. The zero-order valence-corrected chi connectivity index (χ0v) is 13.2. The van der Waals surface area contributed by atoms with Crippen LogP contribution in [-0.4, -0.2) is 23.8 Å². The minimum Gasteiger partial charge on any atom is -0.497 e. The molecule has 0 radical (unpaired) electrons. The lowest BCUT2D eigenvalue weighted by molar-refractivity contribution is 0.102. The molecule has 0 saturated carbocycles. The summed E-state index contributed by atoms with van der Waals surface area (Å²) in [5, 5.41) is 0.834. The van der Waals surface area contributed by atoms with E-state index in [0.29, 0.717) is 11.3 Å². The summed E-state index contributed by atoms with van der Waals surface area (Å²) in [7, 11) is 1.61. The molecule has 22 heavy (non-hydrogen) atoms. The first-order valence-corrected chi connectivity index (χ1v) is 7.53. The van der Waals surface area contributed by atoms with Crippen LogP contribution in [0.15, 0.2) is 42.5 Å². The number of aromatic nitrogens is 1. The molecule has 0 fully saturated rings. The molecule has 0 amide bonds. The van der Waals surface area contributed by atoms with Gasteiger partial charge in [0.1, 0.15) is 5.75 Å². The maximum Gasteiger partial charge on any atom is 0.180 e. The molecule has 3 aromatic rings. The van der Waals surface area contributed by atoms with Gasteiger partial charge in [0.25, 0.3) is 0 Å². The third-order valence-corrected chi connectivity index (χ3v) is 3.99. The molecule has 0 spiro atoms. The Kier molecular flexibility index (Phi) is 3.90. The van der Waals surface area contributed by atoms with E-state index in [0.717, 1.165) is 22.2 Å². The molecule has 0 aliphatic heterocycles. The van der Waals surface area contributed by atoms with Gasteiger partial charge in [-0.15, -0.1) is 11.6 Å². The van der Waals surface area contributed by atoms with Crippen LogP contribution in [0.1, 0.15) is 15.9 Å². The standard InChI is InChI=1S/C18H16ClNO2/c1-11-3-5-12(6-4-11)18-17(16(21)10-19)14-9-13(22-2)7-8-15(14)20-18/h3-9,20H,10H2,1-2H3. The number of rotatable bonds is 4. The van der Waals surface area contributed by atoms with E-state index < -0.39 is 0 Å². The second-order valence-corrected chi connectivity index (χ2v) is 5.48. The molecule has 0 saturated heterocycles. The quantitative estimate of drug-likeness (QED) is 0.566. The summed E-state index contributed by atoms with van der Waals surface area (Å²) in [6.07, 6.45) is 0. The summed E-state index contributed by atoms with van der Waals surface area (Å²) in [5.41, 5.74) is 4.45. The van der Waals surface area contributed by atoms with Crippen molar-refractivity contribution in [1.29, 1.82) is 0 Å². The molecule has 4 heteroatoms. The van der Waals surface area contributed by atoms with Gasteiger partial charge in [-0.3, -0.25) is 4.79 Å². The number of ether oxygens (including phenoxy) is 1. The van der Waals surface area contributed by atoms with E-state index in [1.165, 1.54) is 5.56 Å². The van der Waals surface area contributed by atoms with Gasteiger partial charge in [0, 0.05) is 10.9 Å². The van der Waals surface area contributed by atoms with Crippen molar-refractivity contribution in [2.24, 2.45) is 0 Å². The normalized spacial score (nSPS) is 10.9. The monoisotopic (exact) mass is 313 g/mol. The van der Waals surface area contributed by atoms with Gasteiger partial charge in [-0.25, -0.2) is 0 Å². The summed E-state index contributed by atoms with van der Waals surface area (Å²) < 4.78 is 5.26. The maximum absolute atomic E-state index is 12.4. The Morgan fingerprint density at radius 2 is 1.91 bits per heavy atom. The highest BCUT2D eigenvalue weighted by atomic mass is 35.5. The average molecular weight is 314 g/mol. The number of hydrogen-bond acceptors (Lipinski definition) is 2. The summed E-state index contributed by atoms with van der Waals surface area (Å²) in [6, 6.07) is 13.7. The van der Waals surface area contributed by atoms with E-state index in [2.05, 4.69) is 4.98 Å². The van der Waals surface area contributed by atoms with Crippen molar-refractivity contribution in [3.63, 3.8) is 0 Å². The van der Waals surface area contributed by atoms with Gasteiger partial charge in [0.15, 0.2) is 5.78 Å². The number of ketones is 1. The average Bonchev–Trinajstić information content (AvgIpc) is 2.93. The highest BCUT2D eigenvalue weighted by Gasteiger charge is 2.19. The number of fused-ring (bicyclic) bond motifs is 1. The Morgan fingerprint density at radius 3 is 2.55 bits per heavy atom. The number of carbonyl (C=O) groups excluding carboxylic acids is 1. The number of H-pyrrole nitrogens is 1. The smallest absolute Gasteiger partial charge is 0.180 e. The molecule has 2 aromatic carbocycles. The molecule has 0 bridgehead atoms. The molecular weight excluding hydrogens is 298 g/mol. The molecule has 0 aliphatic carbocycles. The Balaban J connectivity index is 2.28. The first-order valence-electron chi connectivity index (χ1n) is 7.00. The molecule has 3 rings (SSSR count). The topological polar surface area (TPSA) is 42.1 Å². The van der Waals surface area contributed by atoms with Crippen LogP contribution in [0, 0.1) is 6.92 Å². The Labute approximate surface area is 133 Å². The largest absolute Gasteiger partial charge is 0.497 e. The number of halogens is 1. The summed E-state index contributed by atoms with van der Waals surface area (Å²) in [6.45, 7) is 2.03. The molecular formula is C18H16ClNO2. The molecule has 1 aromatic heterocycles. The Hall–Kier alpha value is -2.26. The second-order valence-electron chi connectivity index (χ2n) is 5.21. The third-order valence-electron chi connectivity index (χ3n) is 3.75. The second kappa shape index (κ2) is 5.85. The molecule has 3 nitrogen and oxygen atoms in total. The molecule has 0 unspecified atom stereocenters. The number of aromatic amines is 1. The van der Waals surface area contributed by atoms with Crippen molar-refractivity contribution in [2.75, 3.05) is 13.0 Å². The maximum atomic E-state index is 12.4. The fraction of sp³-hybridized carbons (Fsp3) is 0.167. The van der Waals surface area contributed by atoms with Crippen molar-refractivity contribution in [2.45, 2.75) is 6.92 Å². The van der Waals surface area contributed by atoms with E-state index in [1.807, 2.05) is 49.4 Å². The van der Waals surface area contributed by atoms with Crippen molar-refractivity contribution in [1.82, 2.24) is 4.98 Å². The molecule has 1 N–H and O–H groups in total. The van der Waals surface area contributed by atoms with E-state index in [-0.39, 0.29) is 11.7 Å². The summed E-state index contributed by atoms with van der Waals surface area (Å²) in [4.78, 5) is 15.7. The number of aryl methyl sites for hydroxylation is 1. The van der Waals surface area contributed by atoms with E-state index in [4.69, 9.17) is 16.3 Å². The van der Waals surface area contributed by atoms with Gasteiger partial charge in [-0.2, -0.15) is 0 Å². The fourth-order valence-electron chi connectivity index (χ4n) is 2.59. The number of alkyl halides is 1. The van der Waals surface area contributed by atoms with Crippen LogP contribution in [-0.2, 0) is 0 Å². The summed E-state index contributed by atoms with van der Waals surface area (Å²) >= 11 is 5.81. The predicted octanol–water partition coefficient (Wildman–Crippen LogP) is 4.57. The molecule has 0 aliphatic rings. The zero-order chi connectivity index (χ0) is 15.7. The summed E-state index contributed by atoms with van der Waals surface area (Å²) in [5.74, 6) is 0.561. The number of hydrogen-bond donors (Lipinski definition) is 1. The van der Waals surface area contributed by atoms with Crippen LogP contribution in [0.25, 0.3) is 22.2 Å². The van der Waals surface area contributed by atoms with Gasteiger partial charge < -0.3 is 9.72 Å². The predicted molar refractivity (Wildman–Crippen MR) is 90.1 cm³/mol. The number of carbonyl (C=O) groups is 1. The minimum absolute atomic E-state index is 0.0526. The van der Waals surface area contributed by atoms with Crippen LogP contribution in [0.2, 0.25) is 0 Å². The molecule has 1 heterocycles. The van der Waals surface area contributed by atoms with Crippen molar-refractivity contribution >= 4 is 28.3 Å². The minimum atomic E-state index is -0.100. The van der Waals surface area contributed by atoms with Crippen LogP contribution >= 0.6 is 11.6 Å². The van der Waals surface area contributed by atoms with Gasteiger partial charge in [0.05, 0.1) is 24.2 Å². The number of Topliss-reactive ketones (excluding diaryl/α,β-unsaturated/α-hetero) is 1. The first kappa shape index (κ1) is 14.7. The van der Waals surface area contributed by atoms with Crippen molar-refractivity contribution < 1.29 is 9.53 Å². The SMILES string of the molecule is COc1ccc2[nH]c(-c3ccc(C)cc3)c(C(=O)CCl)c2c1. The van der Waals surface area contributed by atoms with E-state index in [1.54, 1.807) is 7.11 Å². The zero-order valence-electron chi connectivity index (χ0n) is 12.4. The molecule has 112 valence electrons. The fourth-order valence-corrected chi connectivity index (χ4v) is 2.72. The van der Waals surface area contributed by atoms with Gasteiger partial charge in [0.2, 0.25) is 0 Å². The van der Waals surface area contributed by atoms with E-state index in [9.17, 15) is 4.79 Å². The highest BCUT2D eigenvalue weighted by molar-refractivity contribution is 6.33. The Morgan fingerprint density at radius 1 is 1.18 bits per heavy atom. The van der Waals surface area contributed by atoms with Crippen LogP contribution in [0.4, 0.5) is 0 Å². The molecule has 0 atom stereocenters. The van der Waals surface area contributed by atoms with Gasteiger partial charge >= 0.3 is 0 Å². The van der Waals surface area contributed by atoms with Gasteiger partial charge in [-0.1, -0.05) is 29.8 Å². The Bertz CT molecular complexity index is 834. The number of benzene rings is 2. The van der Waals surface area contributed by atoms with Gasteiger partial charge in [-0.05, 0) is 30.7 Å². The van der Waals surface area contributed by atoms with Crippen molar-refractivity contribution in [3.8, 4) is 17.0 Å². The number of nitrogens with one attached hydrogen (secondary N) is 1. The lowest BCUT2D eigenvalue weighted by atomic mass is 10.0.